The van der Waals surface area contributed by atoms with Crippen LogP contribution in [0.1, 0.15) is 29.5 Å². The molecule has 2 aliphatic rings. The van der Waals surface area contributed by atoms with Gasteiger partial charge >= 0.3 is 0 Å². The number of aromatic nitrogens is 1. The van der Waals surface area contributed by atoms with Crippen LogP contribution in [0.4, 0.5) is 0 Å². The van der Waals surface area contributed by atoms with Crippen molar-refractivity contribution < 1.29 is 29.3 Å². The van der Waals surface area contributed by atoms with Gasteiger partial charge in [-0.05, 0) is 20.3 Å². The zero-order chi connectivity index (χ0) is 20.4. The van der Waals surface area contributed by atoms with Gasteiger partial charge < -0.3 is 25.3 Å². The Hall–Kier alpha value is -2.72. The van der Waals surface area contributed by atoms with Crippen LogP contribution in [0.15, 0.2) is 16.9 Å². The van der Waals surface area contributed by atoms with Crippen LogP contribution in [-0.2, 0) is 14.3 Å². The van der Waals surface area contributed by atoms with Gasteiger partial charge in [0.1, 0.15) is 5.69 Å². The summed E-state index contributed by atoms with van der Waals surface area (Å²) in [5.41, 5.74) is 0.871. The van der Waals surface area contributed by atoms with Gasteiger partial charge in [-0.15, -0.1) is 0 Å². The van der Waals surface area contributed by atoms with E-state index in [4.69, 9.17) is 24.5 Å². The number of nitrogens with zero attached hydrogens (tertiary/aromatic N) is 1. The van der Waals surface area contributed by atoms with Crippen LogP contribution >= 0.6 is 0 Å². The smallest absolute Gasteiger partial charge is 0.290 e. The molecule has 1 aromatic heterocycles. The average molecular weight is 383 g/mol. The van der Waals surface area contributed by atoms with Gasteiger partial charge in [0.25, 0.3) is 18.9 Å². The predicted octanol–water partition coefficient (Wildman–Crippen LogP) is -0.324. The summed E-state index contributed by atoms with van der Waals surface area (Å²) in [6.45, 7) is 5.83. The minimum Gasteiger partial charge on any atom is -0.483 e. The number of fused-ring (bicyclic) bond motifs is 1. The number of hydrogen-bond acceptors (Lipinski definition) is 6. The van der Waals surface area contributed by atoms with Crippen molar-refractivity contribution in [3.63, 3.8) is 0 Å². The highest BCUT2D eigenvalue weighted by Crippen LogP contribution is 2.23. The number of carbonyl (C=O) groups is 3. The zero-order valence-corrected chi connectivity index (χ0v) is 15.3. The molecule has 0 radical (unpaired) electrons. The minimum absolute atomic E-state index is 0.111. The fraction of sp³-hybridized carbons (Fsp3) is 0.529. The Morgan fingerprint density at radius 2 is 1.93 bits per heavy atom. The molecule has 150 valence electrons. The lowest BCUT2D eigenvalue weighted by Crippen LogP contribution is -2.45. The highest BCUT2D eigenvalue weighted by Gasteiger charge is 2.36. The molecule has 2 saturated heterocycles. The molecule has 0 unspecified atom stereocenters. The first-order chi connectivity index (χ1) is 12.8. The van der Waals surface area contributed by atoms with Crippen molar-refractivity contribution in [2.45, 2.75) is 38.5 Å². The van der Waals surface area contributed by atoms with E-state index in [1.165, 1.54) is 12.1 Å². The van der Waals surface area contributed by atoms with E-state index in [0.29, 0.717) is 17.4 Å². The highest BCUT2D eigenvalue weighted by molar-refractivity contribution is 5.92. The number of hydrogen-bond donors (Lipinski definition) is 4. The van der Waals surface area contributed by atoms with Gasteiger partial charge in [-0.2, -0.15) is 0 Å². The van der Waals surface area contributed by atoms with Gasteiger partial charge in [-0.1, -0.05) is 0 Å². The van der Waals surface area contributed by atoms with Crippen LogP contribution in [0.3, 0.4) is 0 Å². The first-order valence-corrected chi connectivity index (χ1v) is 8.37. The average Bonchev–Trinajstić information content (AvgIpc) is 2.96. The predicted molar refractivity (Wildman–Crippen MR) is 95.8 cm³/mol. The molecule has 3 heterocycles. The second-order valence-corrected chi connectivity index (χ2v) is 6.28. The van der Waals surface area contributed by atoms with Crippen molar-refractivity contribution in [2.24, 2.45) is 0 Å². The molecule has 3 atom stereocenters. The van der Waals surface area contributed by atoms with Crippen LogP contribution in [0.2, 0.25) is 0 Å². The van der Waals surface area contributed by atoms with Gasteiger partial charge in [0.15, 0.2) is 5.43 Å². The number of carboxylic acid groups (broad SMARTS) is 2. The molecule has 10 heteroatoms. The number of nitrogens with one attached hydrogen (secondary N) is 2. The topological polar surface area (TPSA) is 149 Å². The summed E-state index contributed by atoms with van der Waals surface area (Å²) in [6.07, 6.45) is 1.15. The van der Waals surface area contributed by atoms with E-state index in [9.17, 15) is 9.59 Å². The van der Waals surface area contributed by atoms with E-state index in [1.807, 2.05) is 0 Å². The molecule has 4 N–H and O–H groups in total. The molecule has 2 aliphatic heterocycles. The molecule has 0 spiro atoms. The first-order valence-electron chi connectivity index (χ1n) is 8.37. The molecule has 1 aromatic rings. The maximum atomic E-state index is 12.2. The van der Waals surface area contributed by atoms with Crippen molar-refractivity contribution in [1.29, 1.82) is 0 Å². The zero-order valence-electron chi connectivity index (χ0n) is 15.3. The molecular weight excluding hydrogens is 358 g/mol. The summed E-state index contributed by atoms with van der Waals surface area (Å²) in [6, 6.07) is 3.32. The number of aryl methyl sites for hydroxylation is 1. The number of pyridine rings is 1. The number of amides is 1. The Morgan fingerprint density at radius 1 is 1.30 bits per heavy atom. The molecule has 3 rings (SSSR count). The summed E-state index contributed by atoms with van der Waals surface area (Å²) in [7, 11) is 0. The minimum atomic E-state index is -0.250. The van der Waals surface area contributed by atoms with Gasteiger partial charge in [0, 0.05) is 43.0 Å². The SMILES string of the molecule is Cc1cc(=O)cc(C(=O)N[C@@H]2C[C@H]3CO[C@@H](C)CN3C2)[nH]1.O=CO.O=CO. The Balaban J connectivity index is 0.000000540. The van der Waals surface area contributed by atoms with E-state index in [2.05, 4.69) is 22.1 Å². The van der Waals surface area contributed by atoms with E-state index in [0.717, 1.165) is 26.1 Å². The quantitative estimate of drug-likeness (QED) is 0.508. The normalized spacial score (nSPS) is 23.6. The fourth-order valence-electron chi connectivity index (χ4n) is 3.21. The van der Waals surface area contributed by atoms with Gasteiger partial charge in [-0.3, -0.25) is 24.1 Å². The van der Waals surface area contributed by atoms with E-state index in [1.54, 1.807) is 6.92 Å². The Labute approximate surface area is 156 Å². The van der Waals surface area contributed by atoms with Gasteiger partial charge in [0.2, 0.25) is 0 Å². The third-order valence-corrected chi connectivity index (χ3v) is 4.15. The largest absolute Gasteiger partial charge is 0.483 e. The van der Waals surface area contributed by atoms with Gasteiger partial charge in [0.05, 0.1) is 12.7 Å². The Kier molecular flexibility index (Phi) is 9.17. The van der Waals surface area contributed by atoms with Crippen LogP contribution < -0.4 is 10.7 Å². The summed E-state index contributed by atoms with van der Waals surface area (Å²) in [4.78, 5) is 45.7. The second-order valence-electron chi connectivity index (χ2n) is 6.28. The van der Waals surface area contributed by atoms with Crippen molar-refractivity contribution in [2.75, 3.05) is 19.7 Å². The second kappa shape index (κ2) is 11.1. The summed E-state index contributed by atoms with van der Waals surface area (Å²) >= 11 is 0. The van der Waals surface area contributed by atoms with Gasteiger partial charge in [-0.25, -0.2) is 0 Å². The highest BCUT2D eigenvalue weighted by atomic mass is 16.5. The molecule has 2 fully saturated rings. The summed E-state index contributed by atoms with van der Waals surface area (Å²) in [5.74, 6) is -0.213. The molecule has 27 heavy (non-hydrogen) atoms. The fourth-order valence-corrected chi connectivity index (χ4v) is 3.21. The molecular formula is C17H25N3O7. The van der Waals surface area contributed by atoms with Crippen molar-refractivity contribution in [1.82, 2.24) is 15.2 Å². The number of rotatable bonds is 2. The lowest BCUT2D eigenvalue weighted by molar-refractivity contribution is -0.123. The molecule has 0 bridgehead atoms. The monoisotopic (exact) mass is 383 g/mol. The third kappa shape index (κ3) is 7.19. The lowest BCUT2D eigenvalue weighted by atomic mass is 10.1. The van der Waals surface area contributed by atoms with Crippen molar-refractivity contribution in [3.8, 4) is 0 Å². The van der Waals surface area contributed by atoms with Crippen LogP contribution in [0.5, 0.6) is 0 Å². The Morgan fingerprint density at radius 3 is 2.52 bits per heavy atom. The first kappa shape index (κ1) is 22.3. The van der Waals surface area contributed by atoms with Crippen molar-refractivity contribution in [3.05, 3.63) is 33.7 Å². The van der Waals surface area contributed by atoms with Crippen LogP contribution in [0.25, 0.3) is 0 Å². The van der Waals surface area contributed by atoms with E-state index < -0.39 is 0 Å². The standard InChI is InChI=1S/C15H21N3O3.2CH2O2/c1-9-3-13(19)5-14(16-9)15(20)17-11-4-12-8-21-10(2)6-18(12)7-11;2*2-1-3/h3,5,10-12H,4,6-8H2,1-2H3,(H,16,19)(H,17,20);2*1H,(H,2,3)/t10-,11+,12-;;/m0../s1. The number of carbonyl (C=O) groups excluding carboxylic acids is 1. The number of aromatic amines is 1. The summed E-state index contributed by atoms with van der Waals surface area (Å²) < 4.78 is 5.66. The number of ether oxygens (including phenoxy) is 1. The van der Waals surface area contributed by atoms with Crippen molar-refractivity contribution >= 4 is 18.9 Å². The van der Waals surface area contributed by atoms with E-state index in [-0.39, 0.29) is 36.4 Å². The Bertz CT molecular complexity index is 685. The molecule has 0 saturated carbocycles. The van der Waals surface area contributed by atoms with Crippen LogP contribution in [-0.4, -0.2) is 76.8 Å². The molecule has 0 aromatic carbocycles. The van der Waals surface area contributed by atoms with E-state index >= 15 is 0 Å². The maximum Gasteiger partial charge on any atom is 0.290 e. The third-order valence-electron chi connectivity index (χ3n) is 4.15. The molecule has 0 aliphatic carbocycles. The summed E-state index contributed by atoms with van der Waals surface area (Å²) in [5, 5.41) is 16.8. The maximum absolute atomic E-state index is 12.2. The number of morpholine rings is 1. The lowest BCUT2D eigenvalue weighted by Gasteiger charge is -2.33. The van der Waals surface area contributed by atoms with Crippen LogP contribution in [0, 0.1) is 6.92 Å². The number of H-pyrrole nitrogens is 1. The molecule has 10 nitrogen and oxygen atoms in total. The molecule has 1 amide bonds.